The second kappa shape index (κ2) is 9.50. The summed E-state index contributed by atoms with van der Waals surface area (Å²) in [7, 11) is 0. The fraction of sp³-hybridized carbons (Fsp3) is 0.174. The van der Waals surface area contributed by atoms with Gasteiger partial charge < -0.3 is 15.4 Å². The van der Waals surface area contributed by atoms with Gasteiger partial charge in [-0.2, -0.15) is 0 Å². The van der Waals surface area contributed by atoms with Gasteiger partial charge in [-0.3, -0.25) is 14.6 Å². The maximum atomic E-state index is 12.6. The van der Waals surface area contributed by atoms with Crippen molar-refractivity contribution in [3.8, 4) is 5.75 Å². The van der Waals surface area contributed by atoms with Gasteiger partial charge in [0.15, 0.2) is 6.61 Å². The summed E-state index contributed by atoms with van der Waals surface area (Å²) in [6.45, 7) is 4.10. The van der Waals surface area contributed by atoms with E-state index in [2.05, 4.69) is 15.6 Å². The molecular formula is C23H23N3O3. The minimum Gasteiger partial charge on any atom is -0.483 e. The summed E-state index contributed by atoms with van der Waals surface area (Å²) in [5.41, 5.74) is 3.73. The van der Waals surface area contributed by atoms with Gasteiger partial charge in [-0.25, -0.2) is 0 Å². The molecule has 1 aromatic heterocycles. The Labute approximate surface area is 169 Å². The number of amides is 2. The van der Waals surface area contributed by atoms with E-state index in [4.69, 9.17) is 4.74 Å². The van der Waals surface area contributed by atoms with Crippen molar-refractivity contribution < 1.29 is 14.3 Å². The molecule has 0 fully saturated rings. The van der Waals surface area contributed by atoms with Crippen LogP contribution in [0.5, 0.6) is 5.75 Å². The average molecular weight is 389 g/mol. The molecule has 0 spiro atoms. The Bertz CT molecular complexity index is 1000. The predicted molar refractivity (Wildman–Crippen MR) is 112 cm³/mol. The highest BCUT2D eigenvalue weighted by Crippen LogP contribution is 2.19. The topological polar surface area (TPSA) is 80.3 Å². The van der Waals surface area contributed by atoms with Gasteiger partial charge in [0.2, 0.25) is 0 Å². The zero-order valence-electron chi connectivity index (χ0n) is 16.4. The van der Waals surface area contributed by atoms with E-state index < -0.39 is 0 Å². The number of hydrogen-bond donors (Lipinski definition) is 2. The zero-order valence-corrected chi connectivity index (χ0v) is 16.4. The molecule has 29 heavy (non-hydrogen) atoms. The zero-order chi connectivity index (χ0) is 20.6. The summed E-state index contributed by atoms with van der Waals surface area (Å²) in [5, 5.41) is 5.60. The van der Waals surface area contributed by atoms with Crippen molar-refractivity contribution in [2.45, 2.75) is 20.4 Å². The first-order valence-electron chi connectivity index (χ1n) is 9.29. The molecule has 0 aliphatic rings. The van der Waals surface area contributed by atoms with Crippen molar-refractivity contribution in [2.24, 2.45) is 0 Å². The number of aryl methyl sites for hydroxylation is 2. The molecule has 2 N–H and O–H groups in total. The van der Waals surface area contributed by atoms with E-state index in [-0.39, 0.29) is 18.4 Å². The van der Waals surface area contributed by atoms with Crippen LogP contribution in [0.3, 0.4) is 0 Å². The van der Waals surface area contributed by atoms with Gasteiger partial charge in [-0.05, 0) is 54.8 Å². The highest BCUT2D eigenvalue weighted by atomic mass is 16.5. The average Bonchev–Trinajstić information content (AvgIpc) is 2.74. The molecule has 0 bridgehead atoms. The first-order valence-corrected chi connectivity index (χ1v) is 9.29. The largest absolute Gasteiger partial charge is 0.483 e. The Morgan fingerprint density at radius 2 is 1.86 bits per heavy atom. The Morgan fingerprint density at radius 3 is 2.66 bits per heavy atom. The molecule has 1 heterocycles. The van der Waals surface area contributed by atoms with Crippen LogP contribution in [0.1, 0.15) is 27.0 Å². The van der Waals surface area contributed by atoms with Crippen molar-refractivity contribution >= 4 is 17.5 Å². The molecule has 0 aliphatic carbocycles. The molecule has 0 saturated heterocycles. The molecule has 0 saturated carbocycles. The Kier molecular flexibility index (Phi) is 6.58. The highest BCUT2D eigenvalue weighted by Gasteiger charge is 2.13. The second-order valence-corrected chi connectivity index (χ2v) is 6.70. The monoisotopic (exact) mass is 389 g/mol. The molecule has 6 nitrogen and oxygen atoms in total. The van der Waals surface area contributed by atoms with Crippen molar-refractivity contribution in [2.75, 3.05) is 11.9 Å². The van der Waals surface area contributed by atoms with Crippen LogP contribution in [0, 0.1) is 13.8 Å². The Morgan fingerprint density at radius 1 is 1.03 bits per heavy atom. The van der Waals surface area contributed by atoms with E-state index in [1.165, 1.54) is 0 Å². The van der Waals surface area contributed by atoms with Crippen LogP contribution in [0.25, 0.3) is 0 Å². The molecular weight excluding hydrogens is 366 g/mol. The molecule has 2 amide bonds. The van der Waals surface area contributed by atoms with E-state index in [0.29, 0.717) is 23.5 Å². The van der Waals surface area contributed by atoms with Gasteiger partial charge in [0, 0.05) is 18.9 Å². The number of nitrogens with zero attached hydrogens (tertiary/aromatic N) is 1. The number of ether oxygens (including phenoxy) is 1. The number of nitrogens with one attached hydrogen (secondary N) is 2. The van der Waals surface area contributed by atoms with Crippen molar-refractivity contribution in [3.63, 3.8) is 0 Å². The minimum atomic E-state index is -0.335. The van der Waals surface area contributed by atoms with Gasteiger partial charge in [-0.15, -0.1) is 0 Å². The molecule has 3 rings (SSSR count). The van der Waals surface area contributed by atoms with Crippen molar-refractivity contribution in [3.05, 3.63) is 89.2 Å². The van der Waals surface area contributed by atoms with Crippen molar-refractivity contribution in [1.82, 2.24) is 10.3 Å². The van der Waals surface area contributed by atoms with Crippen LogP contribution < -0.4 is 15.4 Å². The van der Waals surface area contributed by atoms with Crippen LogP contribution >= 0.6 is 0 Å². The lowest BCUT2D eigenvalue weighted by Crippen LogP contribution is -2.26. The van der Waals surface area contributed by atoms with Crippen LogP contribution in [0.2, 0.25) is 0 Å². The lowest BCUT2D eigenvalue weighted by atomic mass is 10.1. The molecule has 0 unspecified atom stereocenters. The number of aromatic nitrogens is 1. The summed E-state index contributed by atoms with van der Waals surface area (Å²) in [5.74, 6) is 0.0567. The first kappa shape index (κ1) is 20.1. The first-order chi connectivity index (χ1) is 14.0. The standard InChI is InChI=1S/C23H23N3O3/c1-16-9-10-17(2)21(12-16)29-15-22(27)26-20-8-4-3-7-19(20)23(28)25-14-18-6-5-11-24-13-18/h3-13H,14-15H2,1-2H3,(H,25,28)(H,26,27). The third kappa shape index (κ3) is 5.65. The summed E-state index contributed by atoms with van der Waals surface area (Å²) in [6, 6.07) is 16.4. The van der Waals surface area contributed by atoms with E-state index in [1.54, 1.807) is 36.7 Å². The smallest absolute Gasteiger partial charge is 0.262 e. The number of pyridine rings is 1. The van der Waals surface area contributed by atoms with Crippen molar-refractivity contribution in [1.29, 1.82) is 0 Å². The third-order valence-corrected chi connectivity index (χ3v) is 4.32. The van der Waals surface area contributed by atoms with Crippen LogP contribution in [0.4, 0.5) is 5.69 Å². The maximum Gasteiger partial charge on any atom is 0.262 e. The molecule has 0 radical (unpaired) electrons. The number of rotatable bonds is 7. The Hall–Kier alpha value is -3.67. The summed E-state index contributed by atoms with van der Waals surface area (Å²) >= 11 is 0. The van der Waals surface area contributed by atoms with Crippen LogP contribution in [-0.2, 0) is 11.3 Å². The quantitative estimate of drug-likeness (QED) is 0.646. The highest BCUT2D eigenvalue weighted by molar-refractivity contribution is 6.04. The number of benzene rings is 2. The lowest BCUT2D eigenvalue weighted by Gasteiger charge is -2.13. The molecule has 2 aromatic carbocycles. The fourth-order valence-electron chi connectivity index (χ4n) is 2.76. The maximum absolute atomic E-state index is 12.6. The van der Waals surface area contributed by atoms with E-state index in [9.17, 15) is 9.59 Å². The number of hydrogen-bond acceptors (Lipinski definition) is 4. The molecule has 3 aromatic rings. The number of anilines is 1. The SMILES string of the molecule is Cc1ccc(C)c(OCC(=O)Nc2ccccc2C(=O)NCc2cccnc2)c1. The number of carbonyl (C=O) groups excluding carboxylic acids is 2. The molecule has 148 valence electrons. The van der Waals surface area contributed by atoms with E-state index in [0.717, 1.165) is 16.7 Å². The van der Waals surface area contributed by atoms with Gasteiger partial charge >= 0.3 is 0 Å². The Balaban J connectivity index is 1.61. The summed E-state index contributed by atoms with van der Waals surface area (Å²) in [6.07, 6.45) is 3.37. The van der Waals surface area contributed by atoms with Crippen LogP contribution in [0.15, 0.2) is 67.0 Å². The van der Waals surface area contributed by atoms with Crippen LogP contribution in [-0.4, -0.2) is 23.4 Å². The fourth-order valence-corrected chi connectivity index (χ4v) is 2.76. The predicted octanol–water partition coefficient (Wildman–Crippen LogP) is 3.65. The number of para-hydroxylation sites is 1. The van der Waals surface area contributed by atoms with Gasteiger partial charge in [0.05, 0.1) is 11.3 Å². The normalized spacial score (nSPS) is 10.3. The summed E-state index contributed by atoms with van der Waals surface area (Å²) in [4.78, 5) is 29.0. The molecule has 0 aliphatic heterocycles. The van der Waals surface area contributed by atoms with E-state index >= 15 is 0 Å². The van der Waals surface area contributed by atoms with Gasteiger partial charge in [0.1, 0.15) is 5.75 Å². The lowest BCUT2D eigenvalue weighted by molar-refractivity contribution is -0.118. The molecule has 0 atom stereocenters. The minimum absolute atomic E-state index is 0.143. The molecule has 6 heteroatoms. The second-order valence-electron chi connectivity index (χ2n) is 6.70. The number of carbonyl (C=O) groups is 2. The van der Waals surface area contributed by atoms with E-state index in [1.807, 2.05) is 44.2 Å². The summed E-state index contributed by atoms with van der Waals surface area (Å²) < 4.78 is 5.64. The van der Waals surface area contributed by atoms with Gasteiger partial charge in [-0.1, -0.05) is 30.3 Å². The van der Waals surface area contributed by atoms with Gasteiger partial charge in [0.25, 0.3) is 11.8 Å². The third-order valence-electron chi connectivity index (χ3n) is 4.32.